The first kappa shape index (κ1) is 14.3. The first-order valence-electron chi connectivity index (χ1n) is 8.44. The molecule has 1 aromatic carbocycles. The molecule has 0 N–H and O–H groups in total. The van der Waals surface area contributed by atoms with E-state index in [2.05, 4.69) is 4.98 Å². The summed E-state index contributed by atoms with van der Waals surface area (Å²) in [4.78, 5) is 16.7. The van der Waals surface area contributed by atoms with Crippen LogP contribution < -0.4 is 0 Å². The summed E-state index contributed by atoms with van der Waals surface area (Å²) in [7, 11) is 0. The van der Waals surface area contributed by atoms with Crippen LogP contribution in [0.25, 0.3) is 10.9 Å². The van der Waals surface area contributed by atoms with Crippen molar-refractivity contribution in [3.05, 3.63) is 42.1 Å². The van der Waals surface area contributed by atoms with Gasteiger partial charge in [-0.15, -0.1) is 0 Å². The van der Waals surface area contributed by atoms with Crippen molar-refractivity contribution < 1.29 is 18.3 Å². The Morgan fingerprint density at radius 3 is 2.83 bits per heavy atom. The minimum Gasteiger partial charge on any atom is -0.461 e. The maximum Gasteiger partial charge on any atom is 0.338 e. The monoisotopic (exact) mass is 329 g/mol. The number of carbonyl (C=O) groups is 1. The number of esters is 1. The van der Waals surface area contributed by atoms with Crippen LogP contribution in [-0.2, 0) is 4.74 Å². The van der Waals surface area contributed by atoms with E-state index >= 15 is 0 Å². The fourth-order valence-corrected chi connectivity index (χ4v) is 5.30. The molecule has 2 aromatic rings. The highest BCUT2D eigenvalue weighted by Crippen LogP contribution is 2.81. The van der Waals surface area contributed by atoms with Gasteiger partial charge in [-0.25, -0.2) is 13.6 Å². The Kier molecular flexibility index (Phi) is 2.70. The van der Waals surface area contributed by atoms with Crippen LogP contribution in [0.2, 0.25) is 0 Å². The van der Waals surface area contributed by atoms with Crippen molar-refractivity contribution in [1.82, 2.24) is 4.98 Å². The van der Waals surface area contributed by atoms with E-state index in [1.165, 1.54) is 0 Å². The fourth-order valence-electron chi connectivity index (χ4n) is 5.30. The van der Waals surface area contributed by atoms with Crippen molar-refractivity contribution in [2.24, 2.45) is 23.2 Å². The minimum atomic E-state index is -2.69. The van der Waals surface area contributed by atoms with Crippen LogP contribution >= 0.6 is 0 Å². The number of hydrogen-bond donors (Lipinski definition) is 0. The first-order chi connectivity index (χ1) is 11.6. The van der Waals surface area contributed by atoms with Crippen molar-refractivity contribution in [1.29, 1.82) is 0 Å². The highest BCUT2D eigenvalue weighted by atomic mass is 19.3. The highest BCUT2D eigenvalue weighted by Gasteiger charge is 2.85. The number of halogens is 2. The molecule has 4 saturated carbocycles. The number of benzene rings is 1. The lowest BCUT2D eigenvalue weighted by Crippen LogP contribution is -2.42. The molecule has 24 heavy (non-hydrogen) atoms. The molecule has 4 unspecified atom stereocenters. The van der Waals surface area contributed by atoms with Gasteiger partial charge in [-0.05, 0) is 49.3 Å². The third-order valence-corrected chi connectivity index (χ3v) is 6.51. The van der Waals surface area contributed by atoms with E-state index in [1.54, 1.807) is 30.5 Å². The topological polar surface area (TPSA) is 39.2 Å². The van der Waals surface area contributed by atoms with Crippen LogP contribution in [0, 0.1) is 23.2 Å². The number of pyridine rings is 1. The second-order valence-corrected chi connectivity index (χ2v) is 7.34. The molecule has 3 nitrogen and oxygen atoms in total. The number of hydrogen-bond acceptors (Lipinski definition) is 3. The van der Waals surface area contributed by atoms with Crippen molar-refractivity contribution in [2.45, 2.75) is 25.2 Å². The van der Waals surface area contributed by atoms with E-state index in [4.69, 9.17) is 4.74 Å². The molecular formula is C19H17F2NO2. The van der Waals surface area contributed by atoms with Gasteiger partial charge in [-0.3, -0.25) is 4.98 Å². The van der Waals surface area contributed by atoms with Crippen LogP contribution in [0.15, 0.2) is 36.5 Å². The number of fused-ring (bicyclic) bond motifs is 2. The van der Waals surface area contributed by atoms with Crippen molar-refractivity contribution in [3.8, 4) is 0 Å². The van der Waals surface area contributed by atoms with Gasteiger partial charge in [0.1, 0.15) is 6.61 Å². The molecule has 1 heterocycles. The van der Waals surface area contributed by atoms with E-state index in [9.17, 15) is 13.6 Å². The van der Waals surface area contributed by atoms with Gasteiger partial charge in [0.15, 0.2) is 0 Å². The van der Waals surface area contributed by atoms with Gasteiger partial charge >= 0.3 is 5.97 Å². The van der Waals surface area contributed by atoms with E-state index in [0.29, 0.717) is 29.3 Å². The average Bonchev–Trinajstić information content (AvgIpc) is 3.22. The highest BCUT2D eigenvalue weighted by molar-refractivity contribution is 6.03. The number of carbonyl (C=O) groups excluding carboxylic acids is 1. The zero-order valence-corrected chi connectivity index (χ0v) is 13.0. The summed E-state index contributed by atoms with van der Waals surface area (Å²) in [6.45, 7) is -0.165. The van der Waals surface area contributed by atoms with Gasteiger partial charge in [-0.2, -0.15) is 0 Å². The zero-order valence-electron chi connectivity index (χ0n) is 13.0. The molecule has 0 saturated heterocycles. The minimum absolute atomic E-state index is 0.0273. The summed E-state index contributed by atoms with van der Waals surface area (Å²) < 4.78 is 34.7. The van der Waals surface area contributed by atoms with Gasteiger partial charge in [0.2, 0.25) is 0 Å². The normalized spacial score (nSPS) is 35.0. The summed E-state index contributed by atoms with van der Waals surface area (Å²) in [6.07, 6.45) is 3.70. The molecule has 0 aliphatic heterocycles. The Morgan fingerprint density at radius 2 is 2.08 bits per heavy atom. The Morgan fingerprint density at radius 1 is 1.21 bits per heavy atom. The Hall–Kier alpha value is -2.04. The summed E-state index contributed by atoms with van der Waals surface area (Å²) in [5, 5.41) is 0.689. The van der Waals surface area contributed by atoms with Crippen LogP contribution in [0.4, 0.5) is 8.78 Å². The zero-order chi connectivity index (χ0) is 16.5. The van der Waals surface area contributed by atoms with Crippen LogP contribution in [0.1, 0.15) is 29.6 Å². The Balaban J connectivity index is 1.40. The van der Waals surface area contributed by atoms with E-state index in [-0.39, 0.29) is 18.4 Å². The third kappa shape index (κ3) is 1.60. The van der Waals surface area contributed by atoms with Crippen LogP contribution in [0.5, 0.6) is 0 Å². The molecule has 124 valence electrons. The molecule has 6 rings (SSSR count). The number of nitrogens with zero attached hydrogens (tertiary/aromatic N) is 1. The molecule has 0 amide bonds. The van der Waals surface area contributed by atoms with E-state index in [1.807, 2.05) is 6.07 Å². The maximum atomic E-state index is 14.6. The van der Waals surface area contributed by atoms with Crippen molar-refractivity contribution in [3.63, 3.8) is 0 Å². The largest absolute Gasteiger partial charge is 0.461 e. The predicted molar refractivity (Wildman–Crippen MR) is 83.7 cm³/mol. The van der Waals surface area contributed by atoms with Gasteiger partial charge < -0.3 is 4.74 Å². The van der Waals surface area contributed by atoms with E-state index < -0.39 is 23.2 Å². The lowest BCUT2D eigenvalue weighted by molar-refractivity contribution is -0.142. The van der Waals surface area contributed by atoms with Gasteiger partial charge in [0, 0.05) is 17.5 Å². The summed E-state index contributed by atoms with van der Waals surface area (Å²) >= 11 is 0. The number of aromatic nitrogens is 1. The second kappa shape index (κ2) is 4.52. The molecule has 4 atom stereocenters. The molecule has 1 aromatic heterocycles. The number of rotatable bonds is 3. The molecule has 4 bridgehead atoms. The van der Waals surface area contributed by atoms with Crippen LogP contribution in [-0.4, -0.2) is 23.5 Å². The quantitative estimate of drug-likeness (QED) is 0.797. The predicted octanol–water partition coefficient (Wildman–Crippen LogP) is 4.07. The molecule has 4 aliphatic carbocycles. The molecular weight excluding hydrogens is 312 g/mol. The third-order valence-electron chi connectivity index (χ3n) is 6.51. The SMILES string of the molecule is O=C(OCC12C3CCC(CC31)C2(F)F)c1cccc2ncccc12. The first-order valence-corrected chi connectivity index (χ1v) is 8.44. The average molecular weight is 329 g/mol. The van der Waals surface area contributed by atoms with Crippen molar-refractivity contribution in [2.75, 3.05) is 6.61 Å². The number of alkyl halides is 2. The molecule has 5 heteroatoms. The van der Waals surface area contributed by atoms with Crippen molar-refractivity contribution >= 4 is 16.9 Å². The lowest BCUT2D eigenvalue weighted by atomic mass is 9.78. The number of ether oxygens (including phenoxy) is 1. The fraction of sp³-hybridized carbons (Fsp3) is 0.474. The molecule has 4 fully saturated rings. The van der Waals surface area contributed by atoms with Gasteiger partial charge in [0.25, 0.3) is 5.92 Å². The summed E-state index contributed by atoms with van der Waals surface area (Å²) in [5.74, 6) is -3.69. The maximum absolute atomic E-state index is 14.6. The smallest absolute Gasteiger partial charge is 0.338 e. The summed E-state index contributed by atoms with van der Waals surface area (Å²) in [6, 6.07) is 8.75. The van der Waals surface area contributed by atoms with Gasteiger partial charge in [0.05, 0.1) is 16.5 Å². The molecule has 0 radical (unpaired) electrons. The standard InChI is InChI=1S/C19H17F2NO2/c20-19(21)11-6-7-14-15(9-11)18(14,19)10-24-17(23)13-3-1-5-16-12(13)4-2-8-22-16/h1-5,8,11,14-15H,6-7,9-10H2. The molecule has 4 aliphatic rings. The molecule has 0 spiro atoms. The lowest BCUT2D eigenvalue weighted by Gasteiger charge is -2.35. The summed E-state index contributed by atoms with van der Waals surface area (Å²) in [5.41, 5.74) is -0.00523. The van der Waals surface area contributed by atoms with Gasteiger partial charge in [-0.1, -0.05) is 12.1 Å². The van der Waals surface area contributed by atoms with Crippen LogP contribution in [0.3, 0.4) is 0 Å². The Labute approximate surface area is 138 Å². The van der Waals surface area contributed by atoms with E-state index in [0.717, 1.165) is 6.42 Å². The second-order valence-electron chi connectivity index (χ2n) is 7.34. The Bertz CT molecular complexity index is 841.